The summed E-state index contributed by atoms with van der Waals surface area (Å²) >= 11 is 0. The minimum atomic E-state index is -1.07. The van der Waals surface area contributed by atoms with Crippen LogP contribution in [0.2, 0.25) is 0 Å². The average Bonchev–Trinajstić information content (AvgIpc) is 2.31. The molecule has 18 heavy (non-hydrogen) atoms. The second-order valence-corrected chi connectivity index (χ2v) is 4.38. The van der Waals surface area contributed by atoms with Crippen molar-refractivity contribution in [2.75, 3.05) is 59.5 Å². The van der Waals surface area contributed by atoms with E-state index in [2.05, 4.69) is 26.9 Å². The summed E-state index contributed by atoms with van der Waals surface area (Å²) in [5, 5.41) is 11.0. The number of rotatable bonds is 7. The molecule has 1 fully saturated rings. The molecule has 7 heteroatoms. The first-order valence-corrected chi connectivity index (χ1v) is 6.05. The van der Waals surface area contributed by atoms with Gasteiger partial charge in [-0.1, -0.05) is 0 Å². The molecule has 0 atom stereocenters. The van der Waals surface area contributed by atoms with Gasteiger partial charge in [0.15, 0.2) is 0 Å². The van der Waals surface area contributed by atoms with Gasteiger partial charge < -0.3 is 20.1 Å². The Balaban J connectivity index is 2.00. The molecule has 0 saturated carbocycles. The largest absolute Gasteiger partial charge is 0.480 e. The molecule has 0 aliphatic carbocycles. The van der Waals surface area contributed by atoms with Crippen molar-refractivity contribution in [1.29, 1.82) is 0 Å². The number of piperazine rings is 1. The number of carboxylic acid groups (broad SMARTS) is 1. The number of hydrogen-bond donors (Lipinski definition) is 2. The van der Waals surface area contributed by atoms with Crippen molar-refractivity contribution in [3.05, 3.63) is 0 Å². The highest BCUT2D eigenvalue weighted by molar-refractivity contribution is 5.77. The second kappa shape index (κ2) is 8.02. The number of nitrogens with one attached hydrogen (secondary N) is 1. The molecule has 0 unspecified atom stereocenters. The Morgan fingerprint density at radius 1 is 1.22 bits per heavy atom. The van der Waals surface area contributed by atoms with Gasteiger partial charge in [-0.15, -0.1) is 0 Å². The smallest absolute Gasteiger partial charge is 0.329 e. The summed E-state index contributed by atoms with van der Waals surface area (Å²) in [7, 11) is 2.10. The molecular formula is C11H21N3O4. The third-order valence-corrected chi connectivity index (χ3v) is 2.80. The molecule has 1 aliphatic rings. The summed E-state index contributed by atoms with van der Waals surface area (Å²) in [6, 6.07) is 0. The third-order valence-electron chi connectivity index (χ3n) is 2.80. The summed E-state index contributed by atoms with van der Waals surface area (Å²) in [4.78, 5) is 26.0. The molecule has 1 amide bonds. The van der Waals surface area contributed by atoms with Gasteiger partial charge in [-0.05, 0) is 7.05 Å². The van der Waals surface area contributed by atoms with Gasteiger partial charge in [0.25, 0.3) is 0 Å². The van der Waals surface area contributed by atoms with Crippen LogP contribution in [-0.2, 0) is 14.3 Å². The number of amides is 1. The number of carbonyl (C=O) groups excluding carboxylic acids is 1. The predicted molar refractivity (Wildman–Crippen MR) is 65.4 cm³/mol. The quantitative estimate of drug-likeness (QED) is 0.576. The standard InChI is InChI=1S/C11H21N3O4/c1-13-4-6-14(7-5-13)3-2-12-10(15)8-18-9-11(16)17/h2-9H2,1H3,(H,12,15)(H,16,17). The van der Waals surface area contributed by atoms with Gasteiger partial charge in [-0.3, -0.25) is 9.69 Å². The summed E-state index contributed by atoms with van der Waals surface area (Å²) in [6.45, 7) is 4.88. The minimum Gasteiger partial charge on any atom is -0.480 e. The highest BCUT2D eigenvalue weighted by Crippen LogP contribution is 1.97. The van der Waals surface area contributed by atoms with Crippen LogP contribution in [0.4, 0.5) is 0 Å². The zero-order valence-electron chi connectivity index (χ0n) is 10.7. The van der Waals surface area contributed by atoms with E-state index in [0.29, 0.717) is 6.54 Å². The van der Waals surface area contributed by atoms with Gasteiger partial charge in [-0.25, -0.2) is 4.79 Å². The van der Waals surface area contributed by atoms with Crippen LogP contribution in [0, 0.1) is 0 Å². The van der Waals surface area contributed by atoms with Gasteiger partial charge in [-0.2, -0.15) is 0 Å². The van der Waals surface area contributed by atoms with E-state index in [9.17, 15) is 9.59 Å². The van der Waals surface area contributed by atoms with Crippen molar-refractivity contribution >= 4 is 11.9 Å². The summed E-state index contributed by atoms with van der Waals surface area (Å²) in [5.74, 6) is -1.34. The monoisotopic (exact) mass is 259 g/mol. The Kier molecular flexibility index (Phi) is 6.63. The number of carbonyl (C=O) groups is 2. The van der Waals surface area contributed by atoms with E-state index < -0.39 is 12.6 Å². The van der Waals surface area contributed by atoms with Crippen molar-refractivity contribution in [3.8, 4) is 0 Å². The Morgan fingerprint density at radius 3 is 2.50 bits per heavy atom. The first-order valence-electron chi connectivity index (χ1n) is 6.05. The number of carboxylic acids is 1. The van der Waals surface area contributed by atoms with Gasteiger partial charge in [0.1, 0.15) is 13.2 Å². The fourth-order valence-corrected chi connectivity index (χ4v) is 1.71. The minimum absolute atomic E-state index is 0.199. The molecule has 0 aromatic carbocycles. The SMILES string of the molecule is CN1CCN(CCNC(=O)COCC(=O)O)CC1. The van der Waals surface area contributed by atoms with Crippen molar-refractivity contribution in [3.63, 3.8) is 0 Å². The highest BCUT2D eigenvalue weighted by Gasteiger charge is 2.13. The molecule has 7 nitrogen and oxygen atoms in total. The Morgan fingerprint density at radius 2 is 1.89 bits per heavy atom. The number of aliphatic carboxylic acids is 1. The Labute approximate surface area is 107 Å². The molecule has 2 N–H and O–H groups in total. The van der Waals surface area contributed by atoms with Crippen LogP contribution in [0.3, 0.4) is 0 Å². The van der Waals surface area contributed by atoms with E-state index in [1.54, 1.807) is 0 Å². The average molecular weight is 259 g/mol. The lowest BCUT2D eigenvalue weighted by molar-refractivity contribution is -0.143. The fourth-order valence-electron chi connectivity index (χ4n) is 1.71. The van der Waals surface area contributed by atoms with Crippen LogP contribution in [0.5, 0.6) is 0 Å². The normalized spacial score (nSPS) is 17.6. The molecule has 0 aromatic heterocycles. The molecule has 0 bridgehead atoms. The van der Waals surface area contributed by atoms with Gasteiger partial charge in [0, 0.05) is 39.3 Å². The molecular weight excluding hydrogens is 238 g/mol. The Hall–Kier alpha value is -1.18. The first kappa shape index (κ1) is 14.9. The van der Waals surface area contributed by atoms with Crippen molar-refractivity contribution in [2.24, 2.45) is 0 Å². The van der Waals surface area contributed by atoms with Crippen LogP contribution in [0.1, 0.15) is 0 Å². The maximum absolute atomic E-state index is 11.3. The molecule has 1 saturated heterocycles. The van der Waals surface area contributed by atoms with Crippen LogP contribution in [0.25, 0.3) is 0 Å². The molecule has 1 heterocycles. The van der Waals surface area contributed by atoms with Crippen LogP contribution in [-0.4, -0.2) is 86.3 Å². The van der Waals surface area contributed by atoms with E-state index in [0.717, 1.165) is 32.7 Å². The Bertz CT molecular complexity index is 277. The zero-order chi connectivity index (χ0) is 13.4. The van der Waals surface area contributed by atoms with Crippen LogP contribution < -0.4 is 5.32 Å². The lowest BCUT2D eigenvalue weighted by Crippen LogP contribution is -2.47. The number of nitrogens with zero attached hydrogens (tertiary/aromatic N) is 2. The van der Waals surface area contributed by atoms with E-state index in [1.807, 2.05) is 0 Å². The molecule has 104 valence electrons. The molecule has 0 radical (unpaired) electrons. The van der Waals surface area contributed by atoms with Crippen LogP contribution >= 0.6 is 0 Å². The zero-order valence-corrected chi connectivity index (χ0v) is 10.7. The maximum atomic E-state index is 11.3. The topological polar surface area (TPSA) is 82.1 Å². The van der Waals surface area contributed by atoms with E-state index >= 15 is 0 Å². The lowest BCUT2D eigenvalue weighted by atomic mass is 10.3. The second-order valence-electron chi connectivity index (χ2n) is 4.38. The van der Waals surface area contributed by atoms with Gasteiger partial charge >= 0.3 is 5.97 Å². The molecule has 0 aromatic rings. The number of ether oxygens (including phenoxy) is 1. The van der Waals surface area contributed by atoms with Gasteiger partial charge in [0.05, 0.1) is 0 Å². The predicted octanol–water partition coefficient (Wildman–Crippen LogP) is -1.55. The highest BCUT2D eigenvalue weighted by atomic mass is 16.5. The van der Waals surface area contributed by atoms with Gasteiger partial charge in [0.2, 0.25) is 5.91 Å². The lowest BCUT2D eigenvalue weighted by Gasteiger charge is -2.32. The van der Waals surface area contributed by atoms with Crippen LogP contribution in [0.15, 0.2) is 0 Å². The number of likely N-dealkylation sites (N-methyl/N-ethyl adjacent to an activating group) is 1. The molecule has 0 spiro atoms. The summed E-state index contributed by atoms with van der Waals surface area (Å²) in [5.41, 5.74) is 0. The van der Waals surface area contributed by atoms with Crippen molar-refractivity contribution in [2.45, 2.75) is 0 Å². The van der Waals surface area contributed by atoms with E-state index in [1.165, 1.54) is 0 Å². The van der Waals surface area contributed by atoms with E-state index in [-0.39, 0.29) is 12.5 Å². The van der Waals surface area contributed by atoms with E-state index in [4.69, 9.17) is 5.11 Å². The summed E-state index contributed by atoms with van der Waals surface area (Å²) in [6.07, 6.45) is 0. The maximum Gasteiger partial charge on any atom is 0.329 e. The first-order chi connectivity index (χ1) is 8.58. The fraction of sp³-hybridized carbons (Fsp3) is 0.818. The van der Waals surface area contributed by atoms with Crippen molar-refractivity contribution in [1.82, 2.24) is 15.1 Å². The van der Waals surface area contributed by atoms with Crippen molar-refractivity contribution < 1.29 is 19.4 Å². The molecule has 1 aliphatic heterocycles. The third kappa shape index (κ3) is 6.53. The molecule has 1 rings (SSSR count). The summed E-state index contributed by atoms with van der Waals surface area (Å²) < 4.78 is 4.68. The number of hydrogen-bond acceptors (Lipinski definition) is 5.